The maximum atomic E-state index is 13.4. The third-order valence-corrected chi connectivity index (χ3v) is 3.71. The van der Waals surface area contributed by atoms with Crippen molar-refractivity contribution in [2.75, 3.05) is 17.3 Å². The van der Waals surface area contributed by atoms with E-state index in [0.717, 1.165) is 12.1 Å². The second-order valence-electron chi connectivity index (χ2n) is 5.60. The molecule has 1 aromatic heterocycles. The molecule has 3 rings (SSSR count). The highest BCUT2D eigenvalue weighted by Crippen LogP contribution is 2.37. The SMILES string of the molecule is CN(c1ccc(F)cc1)c1nc(Nc2ccc(F)cc2)ncc1C(F)(F)F. The van der Waals surface area contributed by atoms with Crippen LogP contribution in [0.2, 0.25) is 0 Å². The highest BCUT2D eigenvalue weighted by Gasteiger charge is 2.36. The van der Waals surface area contributed by atoms with Gasteiger partial charge in [-0.1, -0.05) is 0 Å². The van der Waals surface area contributed by atoms with E-state index in [-0.39, 0.29) is 5.95 Å². The van der Waals surface area contributed by atoms with Gasteiger partial charge in [0.25, 0.3) is 0 Å². The Labute approximate surface area is 151 Å². The zero-order valence-electron chi connectivity index (χ0n) is 13.9. The topological polar surface area (TPSA) is 41.1 Å². The molecule has 1 N–H and O–H groups in total. The number of hydrogen-bond donors (Lipinski definition) is 1. The van der Waals surface area contributed by atoms with E-state index >= 15 is 0 Å². The molecule has 0 fully saturated rings. The Morgan fingerprint density at radius 3 is 2.00 bits per heavy atom. The van der Waals surface area contributed by atoms with Crippen LogP contribution < -0.4 is 10.2 Å². The van der Waals surface area contributed by atoms with E-state index in [1.54, 1.807) is 0 Å². The number of halogens is 5. The molecule has 0 saturated heterocycles. The first-order valence-corrected chi connectivity index (χ1v) is 7.70. The fraction of sp³-hybridized carbons (Fsp3) is 0.111. The molecule has 0 radical (unpaired) electrons. The van der Waals surface area contributed by atoms with Crippen LogP contribution in [0.5, 0.6) is 0 Å². The fourth-order valence-corrected chi connectivity index (χ4v) is 2.34. The first kappa shape index (κ1) is 18.6. The van der Waals surface area contributed by atoms with Gasteiger partial charge in [0.1, 0.15) is 17.2 Å². The summed E-state index contributed by atoms with van der Waals surface area (Å²) < 4.78 is 66.2. The van der Waals surface area contributed by atoms with E-state index in [1.807, 2.05) is 0 Å². The molecule has 0 spiro atoms. The third-order valence-electron chi connectivity index (χ3n) is 3.71. The van der Waals surface area contributed by atoms with Crippen LogP contribution in [0, 0.1) is 11.6 Å². The van der Waals surface area contributed by atoms with Gasteiger partial charge in [-0.25, -0.2) is 13.8 Å². The van der Waals surface area contributed by atoms with Gasteiger partial charge < -0.3 is 10.2 Å². The van der Waals surface area contributed by atoms with Crippen LogP contribution in [0.4, 0.5) is 45.1 Å². The summed E-state index contributed by atoms with van der Waals surface area (Å²) in [5, 5.41) is 2.72. The van der Waals surface area contributed by atoms with Crippen molar-refractivity contribution in [1.82, 2.24) is 9.97 Å². The molecular formula is C18H13F5N4. The number of alkyl halides is 3. The molecule has 140 valence electrons. The van der Waals surface area contributed by atoms with Crippen LogP contribution >= 0.6 is 0 Å². The van der Waals surface area contributed by atoms with E-state index in [0.29, 0.717) is 17.6 Å². The summed E-state index contributed by atoms with van der Waals surface area (Å²) in [5.74, 6) is -1.47. The molecular weight excluding hydrogens is 367 g/mol. The van der Waals surface area contributed by atoms with E-state index in [9.17, 15) is 22.0 Å². The molecule has 0 saturated carbocycles. The van der Waals surface area contributed by atoms with Crippen molar-refractivity contribution in [3.63, 3.8) is 0 Å². The van der Waals surface area contributed by atoms with Crippen molar-refractivity contribution in [2.24, 2.45) is 0 Å². The minimum absolute atomic E-state index is 0.0985. The minimum Gasteiger partial charge on any atom is -0.329 e. The molecule has 0 atom stereocenters. The largest absolute Gasteiger partial charge is 0.421 e. The number of aromatic nitrogens is 2. The van der Waals surface area contributed by atoms with Gasteiger partial charge in [-0.2, -0.15) is 18.2 Å². The maximum absolute atomic E-state index is 13.4. The number of nitrogens with one attached hydrogen (secondary N) is 1. The van der Waals surface area contributed by atoms with Crippen molar-refractivity contribution in [2.45, 2.75) is 6.18 Å². The van der Waals surface area contributed by atoms with Crippen molar-refractivity contribution in [1.29, 1.82) is 0 Å². The third kappa shape index (κ3) is 4.30. The Morgan fingerprint density at radius 1 is 0.889 bits per heavy atom. The highest BCUT2D eigenvalue weighted by atomic mass is 19.4. The van der Waals surface area contributed by atoms with Crippen molar-refractivity contribution >= 4 is 23.1 Å². The molecule has 27 heavy (non-hydrogen) atoms. The normalized spacial score (nSPS) is 11.3. The Bertz CT molecular complexity index is 924. The van der Waals surface area contributed by atoms with Gasteiger partial charge in [-0.3, -0.25) is 0 Å². The first-order valence-electron chi connectivity index (χ1n) is 7.70. The molecule has 0 aliphatic heterocycles. The van der Waals surface area contributed by atoms with E-state index in [1.165, 1.54) is 48.3 Å². The average Bonchev–Trinajstić information content (AvgIpc) is 2.63. The van der Waals surface area contributed by atoms with Crippen LogP contribution in [0.3, 0.4) is 0 Å². The van der Waals surface area contributed by atoms with Gasteiger partial charge in [0.2, 0.25) is 5.95 Å². The van der Waals surface area contributed by atoms with Crippen LogP contribution in [0.1, 0.15) is 5.56 Å². The quantitative estimate of drug-likeness (QED) is 0.625. The summed E-state index contributed by atoms with van der Waals surface area (Å²) in [6, 6.07) is 10.1. The van der Waals surface area contributed by atoms with Gasteiger partial charge in [0.15, 0.2) is 5.82 Å². The lowest BCUT2D eigenvalue weighted by atomic mass is 10.2. The maximum Gasteiger partial charge on any atom is 0.421 e. The lowest BCUT2D eigenvalue weighted by Gasteiger charge is -2.22. The molecule has 4 nitrogen and oxygen atoms in total. The molecule has 0 aliphatic carbocycles. The lowest BCUT2D eigenvalue weighted by molar-refractivity contribution is -0.137. The molecule has 1 heterocycles. The van der Waals surface area contributed by atoms with E-state index in [4.69, 9.17) is 0 Å². The van der Waals surface area contributed by atoms with Gasteiger partial charge in [0, 0.05) is 24.6 Å². The summed E-state index contributed by atoms with van der Waals surface area (Å²) in [7, 11) is 1.38. The Morgan fingerprint density at radius 2 is 1.44 bits per heavy atom. The summed E-state index contributed by atoms with van der Waals surface area (Å²) in [5.41, 5.74) is -0.321. The Balaban J connectivity index is 2.00. The van der Waals surface area contributed by atoms with Gasteiger partial charge in [-0.05, 0) is 48.5 Å². The highest BCUT2D eigenvalue weighted by molar-refractivity contribution is 5.64. The van der Waals surface area contributed by atoms with Gasteiger partial charge in [-0.15, -0.1) is 0 Å². The molecule has 3 aromatic rings. The minimum atomic E-state index is -4.68. The molecule has 0 bridgehead atoms. The summed E-state index contributed by atoms with van der Waals surface area (Å²) in [6.45, 7) is 0. The number of nitrogens with zero attached hydrogens (tertiary/aromatic N) is 3. The Hall–Kier alpha value is -3.23. The van der Waals surface area contributed by atoms with Gasteiger partial charge in [0.05, 0.1) is 0 Å². The van der Waals surface area contributed by atoms with Crippen molar-refractivity contribution in [3.05, 3.63) is 71.9 Å². The molecule has 2 aromatic carbocycles. The summed E-state index contributed by atoms with van der Waals surface area (Å²) in [4.78, 5) is 8.82. The molecule has 9 heteroatoms. The summed E-state index contributed by atoms with van der Waals surface area (Å²) in [6.07, 6.45) is -4.02. The Kier molecular flexibility index (Phi) is 4.93. The monoisotopic (exact) mass is 380 g/mol. The summed E-state index contributed by atoms with van der Waals surface area (Å²) >= 11 is 0. The van der Waals surface area contributed by atoms with Crippen molar-refractivity contribution < 1.29 is 22.0 Å². The fourth-order valence-electron chi connectivity index (χ4n) is 2.34. The van der Waals surface area contributed by atoms with Crippen LogP contribution in [0.25, 0.3) is 0 Å². The second-order valence-corrected chi connectivity index (χ2v) is 5.60. The van der Waals surface area contributed by atoms with Gasteiger partial charge >= 0.3 is 6.18 Å². The van der Waals surface area contributed by atoms with Crippen LogP contribution in [0.15, 0.2) is 54.7 Å². The first-order chi connectivity index (χ1) is 12.7. The van der Waals surface area contributed by atoms with Crippen LogP contribution in [-0.2, 0) is 6.18 Å². The molecule has 0 amide bonds. The predicted octanol–water partition coefficient (Wildman–Crippen LogP) is 5.29. The number of rotatable bonds is 4. The van der Waals surface area contributed by atoms with Crippen molar-refractivity contribution in [3.8, 4) is 0 Å². The predicted molar refractivity (Wildman–Crippen MR) is 91.2 cm³/mol. The smallest absolute Gasteiger partial charge is 0.329 e. The zero-order chi connectivity index (χ0) is 19.6. The van der Waals surface area contributed by atoms with E-state index in [2.05, 4.69) is 15.3 Å². The average molecular weight is 380 g/mol. The van der Waals surface area contributed by atoms with E-state index < -0.39 is 29.2 Å². The number of hydrogen-bond acceptors (Lipinski definition) is 4. The zero-order valence-corrected chi connectivity index (χ0v) is 13.9. The standard InChI is InChI=1S/C18H13F5N4/c1-27(14-8-4-12(20)5-9-14)16-15(18(21,22)23)10-24-17(26-16)25-13-6-2-11(19)3-7-13/h2-10H,1H3,(H,24,25,26). The number of anilines is 4. The van der Waals surface area contributed by atoms with Crippen LogP contribution in [-0.4, -0.2) is 17.0 Å². The second kappa shape index (κ2) is 7.18. The molecule has 0 aliphatic rings. The lowest BCUT2D eigenvalue weighted by Crippen LogP contribution is -2.19. The number of benzene rings is 2. The molecule has 0 unspecified atom stereocenters.